The minimum atomic E-state index is -3.56. The molecule has 1 saturated heterocycles. The second kappa shape index (κ2) is 6.90. The van der Waals surface area contributed by atoms with Crippen LogP contribution in [0.2, 0.25) is 0 Å². The molecular formula is C20H16FNO3S2. The maximum atomic E-state index is 13.0. The molecule has 1 amide bonds. The van der Waals surface area contributed by atoms with Crippen LogP contribution in [0.1, 0.15) is 10.4 Å². The molecule has 0 bridgehead atoms. The summed E-state index contributed by atoms with van der Waals surface area (Å²) in [5.74, 6) is -0.663. The van der Waals surface area contributed by atoms with E-state index in [2.05, 4.69) is 0 Å². The van der Waals surface area contributed by atoms with Gasteiger partial charge in [-0.25, -0.2) is 12.8 Å². The van der Waals surface area contributed by atoms with E-state index in [9.17, 15) is 17.6 Å². The Bertz CT molecular complexity index is 1050. The monoisotopic (exact) mass is 401 g/mol. The van der Waals surface area contributed by atoms with Gasteiger partial charge in [-0.15, -0.1) is 11.3 Å². The van der Waals surface area contributed by atoms with Gasteiger partial charge >= 0.3 is 0 Å². The SMILES string of the molecule is O=C(c1ccc(-c2cccs2)cc1)N1CC(S(=O)(=O)c2ccc(F)cc2)C1. The molecule has 4 nitrogen and oxygen atoms in total. The number of likely N-dealkylation sites (tertiary alicyclic amines) is 1. The van der Waals surface area contributed by atoms with Gasteiger partial charge in [0.2, 0.25) is 0 Å². The number of halogens is 1. The highest BCUT2D eigenvalue weighted by Crippen LogP contribution is 2.27. The number of hydrogen-bond donors (Lipinski definition) is 0. The molecule has 0 aliphatic carbocycles. The lowest BCUT2D eigenvalue weighted by Gasteiger charge is -2.38. The summed E-state index contributed by atoms with van der Waals surface area (Å²) in [5.41, 5.74) is 1.58. The van der Waals surface area contributed by atoms with Crippen LogP contribution in [-0.4, -0.2) is 37.6 Å². The van der Waals surface area contributed by atoms with Crippen molar-refractivity contribution in [3.05, 3.63) is 77.4 Å². The average molecular weight is 401 g/mol. The Morgan fingerprint density at radius 3 is 2.26 bits per heavy atom. The van der Waals surface area contributed by atoms with Crippen LogP contribution in [0, 0.1) is 5.82 Å². The summed E-state index contributed by atoms with van der Waals surface area (Å²) < 4.78 is 38.1. The van der Waals surface area contributed by atoms with Crippen molar-refractivity contribution in [1.29, 1.82) is 0 Å². The summed E-state index contributed by atoms with van der Waals surface area (Å²) >= 11 is 1.63. The number of benzene rings is 2. The number of carbonyl (C=O) groups is 1. The zero-order valence-corrected chi connectivity index (χ0v) is 15.8. The van der Waals surface area contributed by atoms with E-state index in [1.54, 1.807) is 23.5 Å². The van der Waals surface area contributed by atoms with E-state index < -0.39 is 20.9 Å². The molecule has 27 heavy (non-hydrogen) atoms. The summed E-state index contributed by atoms with van der Waals surface area (Å²) in [6, 6.07) is 16.1. The third-order valence-corrected chi connectivity index (χ3v) is 7.68. The van der Waals surface area contributed by atoms with Gasteiger partial charge in [-0.2, -0.15) is 0 Å². The highest BCUT2D eigenvalue weighted by atomic mass is 32.2. The van der Waals surface area contributed by atoms with Crippen molar-refractivity contribution in [1.82, 2.24) is 4.90 Å². The molecule has 0 unspecified atom stereocenters. The molecule has 1 aliphatic rings. The first-order valence-electron chi connectivity index (χ1n) is 8.38. The lowest BCUT2D eigenvalue weighted by atomic mass is 10.1. The topological polar surface area (TPSA) is 54.5 Å². The lowest BCUT2D eigenvalue weighted by Crippen LogP contribution is -2.56. The van der Waals surface area contributed by atoms with Crippen molar-refractivity contribution in [2.75, 3.05) is 13.1 Å². The van der Waals surface area contributed by atoms with Crippen molar-refractivity contribution in [3.8, 4) is 10.4 Å². The van der Waals surface area contributed by atoms with Crippen molar-refractivity contribution in [2.45, 2.75) is 10.1 Å². The van der Waals surface area contributed by atoms with Crippen LogP contribution in [-0.2, 0) is 9.84 Å². The summed E-state index contributed by atoms with van der Waals surface area (Å²) in [7, 11) is -3.56. The standard InChI is InChI=1S/C20H16FNO3S2/c21-16-7-9-17(10-8-16)27(24,25)18-12-22(13-18)20(23)15-5-3-14(4-6-15)19-2-1-11-26-19/h1-11,18H,12-13H2. The second-order valence-electron chi connectivity index (χ2n) is 6.39. The quantitative estimate of drug-likeness (QED) is 0.624. The van der Waals surface area contributed by atoms with E-state index in [1.807, 2.05) is 29.6 Å². The van der Waals surface area contributed by atoms with E-state index in [0.29, 0.717) is 5.56 Å². The maximum absolute atomic E-state index is 13.0. The van der Waals surface area contributed by atoms with Gasteiger partial charge in [0.15, 0.2) is 9.84 Å². The molecule has 0 radical (unpaired) electrons. The number of hydrogen-bond acceptors (Lipinski definition) is 4. The summed E-state index contributed by atoms with van der Waals surface area (Å²) in [5, 5.41) is 1.34. The molecule has 4 rings (SSSR count). The second-order valence-corrected chi connectivity index (χ2v) is 9.56. The zero-order valence-electron chi connectivity index (χ0n) is 14.2. The van der Waals surface area contributed by atoms with Crippen LogP contribution in [0.15, 0.2) is 70.9 Å². The van der Waals surface area contributed by atoms with Crippen molar-refractivity contribution < 1.29 is 17.6 Å². The van der Waals surface area contributed by atoms with Gasteiger partial charge in [0.05, 0.1) is 4.90 Å². The first kappa shape index (κ1) is 17.9. The minimum Gasteiger partial charge on any atom is -0.336 e. The van der Waals surface area contributed by atoms with Crippen LogP contribution in [0.5, 0.6) is 0 Å². The Kier molecular flexibility index (Phi) is 4.57. The van der Waals surface area contributed by atoms with Crippen molar-refractivity contribution in [2.24, 2.45) is 0 Å². The molecule has 0 spiro atoms. The van der Waals surface area contributed by atoms with Gasteiger partial charge in [-0.05, 0) is 53.4 Å². The highest BCUT2D eigenvalue weighted by Gasteiger charge is 2.40. The van der Waals surface area contributed by atoms with Gasteiger partial charge in [-0.3, -0.25) is 4.79 Å². The van der Waals surface area contributed by atoms with Crippen LogP contribution in [0.4, 0.5) is 4.39 Å². The van der Waals surface area contributed by atoms with E-state index in [-0.39, 0.29) is 23.9 Å². The Labute approximate surface area is 160 Å². The Balaban J connectivity index is 1.43. The normalized spacial score (nSPS) is 14.8. The largest absolute Gasteiger partial charge is 0.336 e. The Morgan fingerprint density at radius 2 is 1.67 bits per heavy atom. The molecule has 138 valence electrons. The number of rotatable bonds is 4. The lowest BCUT2D eigenvalue weighted by molar-refractivity contribution is 0.0659. The van der Waals surface area contributed by atoms with Crippen molar-refractivity contribution in [3.63, 3.8) is 0 Å². The number of sulfone groups is 1. The molecule has 3 aromatic rings. The number of amides is 1. The maximum Gasteiger partial charge on any atom is 0.253 e. The predicted molar refractivity (Wildman–Crippen MR) is 103 cm³/mol. The minimum absolute atomic E-state index is 0.0845. The summed E-state index contributed by atoms with van der Waals surface area (Å²) in [6.07, 6.45) is 0. The van der Waals surface area contributed by atoms with Crippen LogP contribution >= 0.6 is 11.3 Å². The zero-order chi connectivity index (χ0) is 19.0. The fraction of sp³-hybridized carbons (Fsp3) is 0.150. The van der Waals surface area contributed by atoms with Gasteiger partial charge in [0, 0.05) is 23.5 Å². The summed E-state index contributed by atoms with van der Waals surface area (Å²) in [4.78, 5) is 15.3. The van der Waals surface area contributed by atoms with Gasteiger partial charge in [0.25, 0.3) is 5.91 Å². The summed E-state index contributed by atoms with van der Waals surface area (Å²) in [6.45, 7) is 0.288. The van der Waals surface area contributed by atoms with Crippen LogP contribution in [0.25, 0.3) is 10.4 Å². The first-order chi connectivity index (χ1) is 12.9. The van der Waals surface area contributed by atoms with E-state index in [1.165, 1.54) is 17.0 Å². The van der Waals surface area contributed by atoms with E-state index in [0.717, 1.165) is 22.6 Å². The molecular weight excluding hydrogens is 385 g/mol. The molecule has 0 atom stereocenters. The number of carbonyl (C=O) groups excluding carboxylic acids is 1. The Hall–Kier alpha value is -2.51. The predicted octanol–water partition coefficient (Wildman–Crippen LogP) is 3.85. The van der Waals surface area contributed by atoms with Crippen molar-refractivity contribution >= 4 is 27.1 Å². The molecule has 0 N–H and O–H groups in total. The van der Waals surface area contributed by atoms with Crippen LogP contribution in [0.3, 0.4) is 0 Å². The fourth-order valence-electron chi connectivity index (χ4n) is 3.02. The van der Waals surface area contributed by atoms with Gasteiger partial charge in [0.1, 0.15) is 11.1 Å². The molecule has 1 aromatic heterocycles. The smallest absolute Gasteiger partial charge is 0.253 e. The Morgan fingerprint density at radius 1 is 1.00 bits per heavy atom. The molecule has 7 heteroatoms. The number of thiophene rings is 1. The highest BCUT2D eigenvalue weighted by molar-refractivity contribution is 7.92. The van der Waals surface area contributed by atoms with Crippen LogP contribution < -0.4 is 0 Å². The van der Waals surface area contributed by atoms with Gasteiger partial charge < -0.3 is 4.90 Å². The molecule has 1 fully saturated rings. The third kappa shape index (κ3) is 3.40. The molecule has 2 heterocycles. The first-order valence-corrected chi connectivity index (χ1v) is 10.8. The molecule has 1 aliphatic heterocycles. The number of nitrogens with zero attached hydrogens (tertiary/aromatic N) is 1. The molecule has 2 aromatic carbocycles. The third-order valence-electron chi connectivity index (χ3n) is 4.65. The van der Waals surface area contributed by atoms with E-state index >= 15 is 0 Å². The van der Waals surface area contributed by atoms with E-state index in [4.69, 9.17) is 0 Å². The average Bonchev–Trinajstić information content (AvgIpc) is 3.15. The fourth-order valence-corrected chi connectivity index (χ4v) is 5.41. The molecule has 0 saturated carbocycles. The van der Waals surface area contributed by atoms with Gasteiger partial charge in [-0.1, -0.05) is 18.2 Å².